The molecule has 0 spiro atoms. The van der Waals surface area contributed by atoms with Gasteiger partial charge in [0.05, 0.1) is 0 Å². The summed E-state index contributed by atoms with van der Waals surface area (Å²) in [5, 5.41) is 0. The topological polar surface area (TPSA) is 78.9 Å². The van der Waals surface area contributed by atoms with Gasteiger partial charge in [0.15, 0.2) is 6.10 Å². The van der Waals surface area contributed by atoms with Crippen LogP contribution in [0.25, 0.3) is 0 Å². The zero-order valence-electron chi connectivity index (χ0n) is 48.4. The van der Waals surface area contributed by atoms with Crippen LogP contribution in [0, 0.1) is 0 Å². The molecule has 0 rings (SSSR count). The van der Waals surface area contributed by atoms with Gasteiger partial charge in [0.25, 0.3) is 0 Å². The monoisotopic (exact) mass is 1020 g/mol. The predicted octanol–water partition coefficient (Wildman–Crippen LogP) is 21.3. The summed E-state index contributed by atoms with van der Waals surface area (Å²) in [6.07, 6.45) is 79.1. The highest BCUT2D eigenvalue weighted by Crippen LogP contribution is 2.16. The van der Waals surface area contributed by atoms with Crippen molar-refractivity contribution in [1.29, 1.82) is 0 Å². The largest absolute Gasteiger partial charge is 0.462 e. The van der Waals surface area contributed by atoms with Gasteiger partial charge >= 0.3 is 17.9 Å². The molecule has 0 heterocycles. The number of allylic oxidation sites excluding steroid dienone is 12. The average Bonchev–Trinajstić information content (AvgIpc) is 3.39. The molecule has 0 aliphatic carbocycles. The van der Waals surface area contributed by atoms with Crippen molar-refractivity contribution in [2.24, 2.45) is 0 Å². The summed E-state index contributed by atoms with van der Waals surface area (Å²) in [5.74, 6) is -0.873. The molecular weight excluding hydrogens is 901 g/mol. The third-order valence-corrected chi connectivity index (χ3v) is 13.7. The van der Waals surface area contributed by atoms with Gasteiger partial charge < -0.3 is 14.2 Å². The quantitative estimate of drug-likeness (QED) is 0.0261. The Bertz CT molecular complexity index is 1360. The van der Waals surface area contributed by atoms with Crippen molar-refractivity contribution >= 4 is 17.9 Å². The Kier molecular flexibility index (Phi) is 58.7. The third kappa shape index (κ3) is 59.6. The molecule has 1 unspecified atom stereocenters. The number of hydrogen-bond donors (Lipinski definition) is 0. The van der Waals surface area contributed by atoms with E-state index in [2.05, 4.69) is 93.7 Å². The second kappa shape index (κ2) is 61.4. The molecule has 0 N–H and O–H groups in total. The van der Waals surface area contributed by atoms with E-state index in [0.29, 0.717) is 19.3 Å². The molecule has 0 saturated carbocycles. The lowest BCUT2D eigenvalue weighted by Crippen LogP contribution is -2.30. The number of unbranched alkanes of at least 4 members (excludes halogenated alkanes) is 34. The lowest BCUT2D eigenvalue weighted by molar-refractivity contribution is -0.167. The molecule has 0 fully saturated rings. The van der Waals surface area contributed by atoms with E-state index in [-0.39, 0.29) is 31.1 Å². The molecule has 6 heteroatoms. The number of rotatable bonds is 57. The van der Waals surface area contributed by atoms with Gasteiger partial charge in [0, 0.05) is 19.3 Å². The van der Waals surface area contributed by atoms with Crippen LogP contribution in [-0.4, -0.2) is 37.2 Å². The number of carbonyl (C=O) groups excluding carboxylic acids is 3. The van der Waals surface area contributed by atoms with E-state index < -0.39 is 6.10 Å². The Labute approximate surface area is 453 Å². The fraction of sp³-hybridized carbons (Fsp3) is 0.776. The Balaban J connectivity index is 4.18. The van der Waals surface area contributed by atoms with Crippen LogP contribution in [-0.2, 0) is 28.6 Å². The molecule has 0 aromatic carbocycles. The first-order valence-corrected chi connectivity index (χ1v) is 31.4. The van der Waals surface area contributed by atoms with Crippen molar-refractivity contribution in [1.82, 2.24) is 0 Å². The minimum absolute atomic E-state index is 0.0749. The first kappa shape index (κ1) is 69.8. The maximum Gasteiger partial charge on any atom is 0.306 e. The molecule has 0 aliphatic heterocycles. The van der Waals surface area contributed by atoms with E-state index in [9.17, 15) is 14.4 Å². The first-order valence-electron chi connectivity index (χ1n) is 31.4. The van der Waals surface area contributed by atoms with Gasteiger partial charge in [-0.1, -0.05) is 280 Å². The third-order valence-electron chi connectivity index (χ3n) is 13.7. The minimum atomic E-state index is -0.777. The van der Waals surface area contributed by atoms with Crippen LogP contribution in [0.2, 0.25) is 0 Å². The van der Waals surface area contributed by atoms with Crippen LogP contribution in [0.15, 0.2) is 72.9 Å². The van der Waals surface area contributed by atoms with Gasteiger partial charge in [-0.3, -0.25) is 14.4 Å². The van der Waals surface area contributed by atoms with Crippen molar-refractivity contribution in [2.45, 2.75) is 322 Å². The number of ether oxygens (including phenoxy) is 3. The van der Waals surface area contributed by atoms with Gasteiger partial charge in [0.2, 0.25) is 0 Å². The summed E-state index contributed by atoms with van der Waals surface area (Å²) in [6.45, 7) is 6.53. The SMILES string of the molecule is CC/C=C\C/C=C\C/C=C\C/C=C\C/C=C\CCCCCCCCCCCCCCCC(=O)OCC(COC(=O)CCCCCCCCCCCC)OC(=O)CCCCCCC/C=C\CCCCCCCCC. The zero-order valence-corrected chi connectivity index (χ0v) is 48.4. The molecule has 0 saturated heterocycles. The standard InChI is InChI=1S/C67H118O6/c1-4-7-10-13-16-19-22-24-26-28-29-30-31-32-33-34-35-36-37-38-39-40-42-43-45-48-51-54-57-60-66(69)72-63-64(62-71-65(68)59-56-53-50-47-21-18-15-12-9-6-3)73-67(70)61-58-55-52-49-46-44-41-27-25-23-20-17-14-11-8-5-2/h7,10,16,19,24,26-27,29-30,32-33,41,64H,4-6,8-9,11-15,17-18,20-23,25,28,31,34-40,42-63H2,1-3H3/b10-7-,19-16-,26-24-,30-29-,33-32-,41-27-. The summed E-state index contributed by atoms with van der Waals surface area (Å²) in [5.41, 5.74) is 0. The summed E-state index contributed by atoms with van der Waals surface area (Å²) in [7, 11) is 0. The van der Waals surface area contributed by atoms with Gasteiger partial charge in [-0.15, -0.1) is 0 Å². The summed E-state index contributed by atoms with van der Waals surface area (Å²) < 4.78 is 16.9. The van der Waals surface area contributed by atoms with Crippen LogP contribution in [0.5, 0.6) is 0 Å². The van der Waals surface area contributed by atoms with Crippen molar-refractivity contribution < 1.29 is 28.6 Å². The van der Waals surface area contributed by atoms with Gasteiger partial charge in [0.1, 0.15) is 13.2 Å². The fourth-order valence-corrected chi connectivity index (χ4v) is 9.00. The highest BCUT2D eigenvalue weighted by Gasteiger charge is 2.19. The van der Waals surface area contributed by atoms with Gasteiger partial charge in [-0.2, -0.15) is 0 Å². The van der Waals surface area contributed by atoms with Crippen LogP contribution >= 0.6 is 0 Å². The molecule has 0 radical (unpaired) electrons. The molecule has 0 aromatic rings. The average molecular weight is 1020 g/mol. The Hall–Kier alpha value is -3.15. The molecule has 0 amide bonds. The maximum absolute atomic E-state index is 12.9. The number of esters is 3. The first-order chi connectivity index (χ1) is 36.0. The van der Waals surface area contributed by atoms with E-state index in [4.69, 9.17) is 14.2 Å². The van der Waals surface area contributed by atoms with E-state index in [0.717, 1.165) is 96.3 Å². The molecule has 1 atom stereocenters. The molecule has 422 valence electrons. The molecule has 0 aromatic heterocycles. The smallest absolute Gasteiger partial charge is 0.306 e. The number of hydrogen-bond acceptors (Lipinski definition) is 6. The summed E-state index contributed by atoms with van der Waals surface area (Å²) >= 11 is 0. The van der Waals surface area contributed by atoms with Crippen molar-refractivity contribution in [3.05, 3.63) is 72.9 Å². The second-order valence-corrected chi connectivity index (χ2v) is 20.9. The molecule has 0 aliphatic rings. The second-order valence-electron chi connectivity index (χ2n) is 20.9. The molecule has 0 bridgehead atoms. The normalized spacial score (nSPS) is 12.5. The Morgan fingerprint density at radius 1 is 0.288 bits per heavy atom. The van der Waals surface area contributed by atoms with Crippen molar-refractivity contribution in [3.63, 3.8) is 0 Å². The van der Waals surface area contributed by atoms with Crippen LogP contribution in [0.1, 0.15) is 316 Å². The van der Waals surface area contributed by atoms with E-state index in [1.54, 1.807) is 0 Å². The maximum atomic E-state index is 12.9. The Morgan fingerprint density at radius 3 is 0.849 bits per heavy atom. The zero-order chi connectivity index (χ0) is 52.9. The van der Waals surface area contributed by atoms with Crippen LogP contribution < -0.4 is 0 Å². The van der Waals surface area contributed by atoms with Gasteiger partial charge in [-0.05, 0) is 89.9 Å². The lowest BCUT2D eigenvalue weighted by atomic mass is 10.0. The Morgan fingerprint density at radius 2 is 0.534 bits per heavy atom. The van der Waals surface area contributed by atoms with E-state index >= 15 is 0 Å². The summed E-state index contributed by atoms with van der Waals surface area (Å²) in [6, 6.07) is 0. The van der Waals surface area contributed by atoms with Crippen LogP contribution in [0.3, 0.4) is 0 Å². The fourth-order valence-electron chi connectivity index (χ4n) is 9.00. The number of carbonyl (C=O) groups is 3. The minimum Gasteiger partial charge on any atom is -0.462 e. The summed E-state index contributed by atoms with van der Waals surface area (Å²) in [4.78, 5) is 38.2. The van der Waals surface area contributed by atoms with E-state index in [1.807, 2.05) is 0 Å². The predicted molar refractivity (Wildman–Crippen MR) is 316 cm³/mol. The van der Waals surface area contributed by atoms with Gasteiger partial charge in [-0.25, -0.2) is 0 Å². The lowest BCUT2D eigenvalue weighted by Gasteiger charge is -2.18. The van der Waals surface area contributed by atoms with Crippen molar-refractivity contribution in [2.75, 3.05) is 13.2 Å². The van der Waals surface area contributed by atoms with E-state index in [1.165, 1.54) is 180 Å². The highest BCUT2D eigenvalue weighted by molar-refractivity contribution is 5.71. The molecule has 6 nitrogen and oxygen atoms in total. The molecule has 73 heavy (non-hydrogen) atoms. The van der Waals surface area contributed by atoms with Crippen LogP contribution in [0.4, 0.5) is 0 Å². The molecular formula is C67H118O6. The van der Waals surface area contributed by atoms with Crippen molar-refractivity contribution in [3.8, 4) is 0 Å². The highest BCUT2D eigenvalue weighted by atomic mass is 16.6.